The highest BCUT2D eigenvalue weighted by Crippen LogP contribution is 2.32. The summed E-state index contributed by atoms with van der Waals surface area (Å²) in [6.07, 6.45) is 14.7. The summed E-state index contributed by atoms with van der Waals surface area (Å²) in [6.45, 7) is 21.3. The maximum Gasteiger partial charge on any atom is 0.423 e. The lowest BCUT2D eigenvalue weighted by Gasteiger charge is -2.37. The van der Waals surface area contributed by atoms with Crippen molar-refractivity contribution in [3.63, 3.8) is 0 Å². The third-order valence-electron chi connectivity index (χ3n) is 7.85. The van der Waals surface area contributed by atoms with Crippen molar-refractivity contribution in [2.45, 2.75) is 65.0 Å². The normalized spacial score (nSPS) is 19.1. The Morgan fingerprint density at radius 3 is 1.83 bits per heavy atom. The highest BCUT2D eigenvalue weighted by Gasteiger charge is 2.41. The molecule has 1 N–H and O–H groups in total. The van der Waals surface area contributed by atoms with Crippen LogP contribution in [0.5, 0.6) is 11.5 Å². The van der Waals surface area contributed by atoms with Gasteiger partial charge in [0.2, 0.25) is 12.0 Å². The number of nitrogens with one attached hydrogen (secondary N) is 1. The molecule has 0 aromatic heterocycles. The SMILES string of the molecule is C1CC2(CCN1)OCCO2.CC.CC.N#CN=C(OC1=CC=C[C+]=C1)Oc1ccccc1.[C-]#[N+]/N=C(/Oc1ccccc1)N1CCC2(CC1)OCCO2. The van der Waals surface area contributed by atoms with Gasteiger partial charge < -0.3 is 43.4 Å². The topological polar surface area (TPSA) is 133 Å². The zero-order valence-electron chi connectivity index (χ0n) is 31.2. The molecule has 4 saturated heterocycles. The first-order valence-corrected chi connectivity index (χ1v) is 18.1. The summed E-state index contributed by atoms with van der Waals surface area (Å²) < 4.78 is 38.8. The fourth-order valence-electron chi connectivity index (χ4n) is 5.44. The van der Waals surface area contributed by atoms with Gasteiger partial charge in [-0.05, 0) is 24.3 Å². The van der Waals surface area contributed by atoms with E-state index in [4.69, 9.17) is 45.0 Å². The minimum absolute atomic E-state index is 0.122. The van der Waals surface area contributed by atoms with Crippen molar-refractivity contribution in [2.75, 3.05) is 52.6 Å². The van der Waals surface area contributed by atoms with Crippen LogP contribution in [0.25, 0.3) is 4.95 Å². The van der Waals surface area contributed by atoms with Crippen LogP contribution >= 0.6 is 0 Å². The number of nitriles is 1. The van der Waals surface area contributed by atoms with Crippen LogP contribution < -0.4 is 14.8 Å². The molecule has 0 amide bonds. The van der Waals surface area contributed by atoms with Crippen LogP contribution in [-0.4, -0.2) is 81.2 Å². The molecule has 4 heterocycles. The molecule has 13 heteroatoms. The smallest absolute Gasteiger partial charge is 0.421 e. The predicted octanol–water partition coefficient (Wildman–Crippen LogP) is 6.99. The van der Waals surface area contributed by atoms with E-state index >= 15 is 0 Å². The van der Waals surface area contributed by atoms with Gasteiger partial charge >= 0.3 is 12.1 Å². The van der Waals surface area contributed by atoms with E-state index in [0.29, 0.717) is 49.6 Å². The number of para-hydroxylation sites is 2. The van der Waals surface area contributed by atoms with Gasteiger partial charge in [-0.1, -0.05) is 69.1 Å². The average molecular weight is 728 g/mol. The number of allylic oxidation sites excluding steroid dienone is 5. The molecule has 53 heavy (non-hydrogen) atoms. The summed E-state index contributed by atoms with van der Waals surface area (Å²) in [4.78, 5) is 8.54. The summed E-state index contributed by atoms with van der Waals surface area (Å²) in [7, 11) is 0. The molecular formula is C40H51N6O7+. The zero-order chi connectivity index (χ0) is 38.0. The first kappa shape index (κ1) is 42.3. The number of ether oxygens (including phenoxy) is 7. The molecule has 282 valence electrons. The average Bonchev–Trinajstić information content (AvgIpc) is 3.88. The molecule has 4 aliphatic heterocycles. The third kappa shape index (κ3) is 14.4. The van der Waals surface area contributed by atoms with E-state index in [1.165, 1.54) is 0 Å². The first-order chi connectivity index (χ1) is 26.1. The number of piperidine rings is 2. The molecule has 0 unspecified atom stereocenters. The summed E-state index contributed by atoms with van der Waals surface area (Å²) >= 11 is 0. The molecule has 0 atom stereocenters. The van der Waals surface area contributed by atoms with E-state index in [2.05, 4.69) is 26.4 Å². The molecule has 7 rings (SSSR count). The summed E-state index contributed by atoms with van der Waals surface area (Å²) in [6, 6.07) is 18.7. The van der Waals surface area contributed by atoms with Crippen LogP contribution in [0, 0.1) is 24.1 Å². The second-order valence-corrected chi connectivity index (χ2v) is 11.1. The van der Waals surface area contributed by atoms with Gasteiger partial charge in [0.1, 0.15) is 28.8 Å². The number of likely N-dealkylation sites (tertiary alicyclic amines) is 1. The Hall–Kier alpha value is -5.11. The van der Waals surface area contributed by atoms with Crippen LogP contribution in [-0.2, 0) is 23.7 Å². The van der Waals surface area contributed by atoms with Gasteiger partial charge in [0.15, 0.2) is 11.6 Å². The van der Waals surface area contributed by atoms with Crippen LogP contribution in [0.3, 0.4) is 0 Å². The van der Waals surface area contributed by atoms with E-state index in [9.17, 15) is 0 Å². The molecule has 2 spiro atoms. The number of benzene rings is 2. The Morgan fingerprint density at radius 1 is 0.811 bits per heavy atom. The molecule has 0 radical (unpaired) electrons. The maximum absolute atomic E-state index is 8.59. The number of aliphatic imine (C=N–C) groups is 1. The summed E-state index contributed by atoms with van der Waals surface area (Å²) in [5.74, 6) is 1.10. The van der Waals surface area contributed by atoms with Gasteiger partial charge in [0, 0.05) is 57.9 Å². The lowest BCUT2D eigenvalue weighted by atomic mass is 10.0. The predicted molar refractivity (Wildman–Crippen MR) is 202 cm³/mol. The number of hydrogen-bond acceptors (Lipinski definition) is 11. The fraction of sp³-hybridized carbons (Fsp3) is 0.450. The van der Waals surface area contributed by atoms with Crippen molar-refractivity contribution in [3.05, 3.63) is 108 Å². The third-order valence-corrected chi connectivity index (χ3v) is 7.85. The highest BCUT2D eigenvalue weighted by atomic mass is 16.7. The quantitative estimate of drug-likeness (QED) is 0.116. The molecular weight excluding hydrogens is 676 g/mol. The van der Waals surface area contributed by atoms with Crippen molar-refractivity contribution in [1.82, 2.24) is 10.2 Å². The van der Waals surface area contributed by atoms with E-state index in [1.54, 1.807) is 42.6 Å². The summed E-state index contributed by atoms with van der Waals surface area (Å²) in [5, 5.41) is 15.7. The van der Waals surface area contributed by atoms with Crippen LogP contribution in [0.15, 0.2) is 101 Å². The number of amidine groups is 1. The number of hydrogen-bond donors (Lipinski definition) is 1. The van der Waals surface area contributed by atoms with Crippen molar-refractivity contribution >= 4 is 12.1 Å². The Kier molecular flexibility index (Phi) is 19.3. The number of nitrogens with zero attached hydrogens (tertiary/aromatic N) is 5. The molecule has 2 aromatic rings. The van der Waals surface area contributed by atoms with Crippen LogP contribution in [0.1, 0.15) is 53.4 Å². The Bertz CT molecular complexity index is 1550. The zero-order valence-corrected chi connectivity index (χ0v) is 31.2. The van der Waals surface area contributed by atoms with Gasteiger partial charge in [-0.3, -0.25) is 0 Å². The van der Waals surface area contributed by atoms with Gasteiger partial charge in [0.05, 0.1) is 38.6 Å². The lowest BCUT2D eigenvalue weighted by molar-refractivity contribution is -0.181. The first-order valence-electron chi connectivity index (χ1n) is 18.1. The molecule has 0 saturated carbocycles. The van der Waals surface area contributed by atoms with E-state index in [-0.39, 0.29) is 11.9 Å². The number of rotatable bonds is 3. The van der Waals surface area contributed by atoms with Crippen LogP contribution in [0.4, 0.5) is 0 Å². The molecule has 2 aromatic carbocycles. The Labute approximate surface area is 313 Å². The monoisotopic (exact) mass is 727 g/mol. The van der Waals surface area contributed by atoms with Crippen molar-refractivity contribution in [3.8, 4) is 17.7 Å². The molecule has 13 nitrogen and oxygen atoms in total. The standard InChI is InChI=1S/C15H17N3O3.C14H9N2O2.C7H13NO2.2C2H6/c1-16-17-14(21-13-5-3-2-4-6-13)18-9-7-15(8-10-18)19-11-12-20-15;15-11-16-14(17-12-7-3-1-4-8-12)18-13-9-5-2-6-10-13;1-3-8-4-2-7(1)9-5-6-10-7;2*1-2/h2-6H,7-12H2;1-5,7-10H;8H,1-6H2;2*1-2H3/q;+1;;;/b17-14+;;;;. The van der Waals surface area contributed by atoms with Gasteiger partial charge in [0.25, 0.3) is 0 Å². The van der Waals surface area contributed by atoms with Crippen molar-refractivity contribution in [2.24, 2.45) is 10.1 Å². The van der Waals surface area contributed by atoms with E-state index in [1.807, 2.05) is 81.1 Å². The van der Waals surface area contributed by atoms with Crippen molar-refractivity contribution < 1.29 is 33.2 Å². The second kappa shape index (κ2) is 24.2. The van der Waals surface area contributed by atoms with Gasteiger partial charge in [-0.2, -0.15) is 11.8 Å². The largest absolute Gasteiger partial charge is 0.423 e. The molecule has 0 bridgehead atoms. The molecule has 5 aliphatic rings. The molecule has 1 aliphatic carbocycles. The van der Waals surface area contributed by atoms with Crippen LogP contribution in [0.2, 0.25) is 0 Å². The Morgan fingerprint density at radius 2 is 1.34 bits per heavy atom. The maximum atomic E-state index is 8.59. The Balaban J connectivity index is 0.000000214. The minimum Gasteiger partial charge on any atom is -0.421 e. The second-order valence-electron chi connectivity index (χ2n) is 11.1. The van der Waals surface area contributed by atoms with Gasteiger partial charge in [-0.25, -0.2) is 0 Å². The minimum atomic E-state index is -0.438. The van der Waals surface area contributed by atoms with E-state index in [0.717, 1.165) is 52.0 Å². The molecule has 4 fully saturated rings. The fourth-order valence-corrected chi connectivity index (χ4v) is 5.44. The lowest BCUT2D eigenvalue weighted by Crippen LogP contribution is -2.48. The van der Waals surface area contributed by atoms with Gasteiger partial charge in [-0.15, -0.1) is 4.95 Å². The highest BCUT2D eigenvalue weighted by molar-refractivity contribution is 5.77. The van der Waals surface area contributed by atoms with Crippen molar-refractivity contribution in [1.29, 1.82) is 5.26 Å². The summed E-state index contributed by atoms with van der Waals surface area (Å²) in [5.41, 5.74) is 0. The van der Waals surface area contributed by atoms with E-state index < -0.39 is 5.79 Å².